The zero-order valence-corrected chi connectivity index (χ0v) is 57.3. The molecule has 16 nitrogen and oxygen atoms in total. The first kappa shape index (κ1) is 57.8. The average Bonchev–Trinajstić information content (AvgIpc) is 0.695. The molecule has 0 spiro atoms. The molecule has 2 N–H and O–H groups in total. The van der Waals surface area contributed by atoms with E-state index in [2.05, 4.69) is 0 Å². The van der Waals surface area contributed by atoms with Gasteiger partial charge >= 0.3 is 87.6 Å². The second-order valence-electron chi connectivity index (χ2n) is 21.8. The van der Waals surface area contributed by atoms with Gasteiger partial charge in [0.1, 0.15) is 11.5 Å². The van der Waals surface area contributed by atoms with Crippen molar-refractivity contribution >= 4 is 139 Å². The Morgan fingerprint density at radius 2 is 0.307 bits per heavy atom. The summed E-state index contributed by atoms with van der Waals surface area (Å²) >= 11 is 0. The molecule has 440 valence electrons. The molecule has 0 atom stereocenters. The van der Waals surface area contributed by atoms with Crippen LogP contribution in [-0.2, 0) is 57.6 Å². The van der Waals surface area contributed by atoms with Crippen molar-refractivity contribution in [2.75, 3.05) is 0 Å². The van der Waals surface area contributed by atoms with Crippen molar-refractivity contribution in [1.82, 2.24) is 0 Å². The van der Waals surface area contributed by atoms with E-state index in [-0.39, 0.29) is 11.5 Å². The third kappa shape index (κ3) is 9.96. The summed E-state index contributed by atoms with van der Waals surface area (Å²) in [7, 11) is -51.1. The predicted octanol–water partition coefficient (Wildman–Crippen LogP) is 4.43. The van der Waals surface area contributed by atoms with Crippen LogP contribution in [0.25, 0.3) is 0 Å². The van der Waals surface area contributed by atoms with Crippen molar-refractivity contribution in [2.24, 2.45) is 0 Å². The minimum absolute atomic E-state index is 0.00779. The van der Waals surface area contributed by atoms with Gasteiger partial charge in [-0.1, -0.05) is 267 Å². The number of phenolic OH excluding ortho intramolecular Hbond substituents is 2. The molecule has 10 aromatic rings. The van der Waals surface area contributed by atoms with Crippen molar-refractivity contribution < 1.29 is 67.8 Å². The molecule has 0 radical (unpaired) electrons. The van der Waals surface area contributed by atoms with Crippen LogP contribution < -0.4 is 51.9 Å². The van der Waals surface area contributed by atoms with Crippen molar-refractivity contribution in [3.05, 3.63) is 291 Å². The largest absolute Gasteiger partial charge is 0.515 e. The smallest absolute Gasteiger partial charge is 0.508 e. The number of hydrogen-bond donors (Lipinski definition) is 2. The van der Waals surface area contributed by atoms with Gasteiger partial charge in [0, 0.05) is 41.5 Å². The van der Waals surface area contributed by atoms with E-state index in [1.165, 1.54) is 0 Å². The lowest BCUT2D eigenvalue weighted by molar-refractivity contribution is 0.0273. The highest BCUT2D eigenvalue weighted by atomic mass is 28.6. The highest BCUT2D eigenvalue weighted by Crippen LogP contribution is 2.47. The van der Waals surface area contributed by atoms with Crippen LogP contribution in [0.4, 0.5) is 0 Å². The van der Waals surface area contributed by atoms with Crippen molar-refractivity contribution in [2.45, 2.75) is 13.1 Å². The number of hydrogen-bond acceptors (Lipinski definition) is 16. The zero-order chi connectivity index (χ0) is 59.8. The van der Waals surface area contributed by atoms with Gasteiger partial charge in [0.2, 0.25) is 0 Å². The summed E-state index contributed by atoms with van der Waals surface area (Å²) in [6.07, 6.45) is 0. The van der Waals surface area contributed by atoms with Crippen LogP contribution in [-0.4, -0.2) is 97.8 Å². The van der Waals surface area contributed by atoms with E-state index in [9.17, 15) is 10.2 Å². The van der Waals surface area contributed by atoms with Gasteiger partial charge in [0.05, 0.1) is 0 Å². The molecular formula is C62H56O16Si10. The van der Waals surface area contributed by atoms with Crippen molar-refractivity contribution in [3.8, 4) is 11.5 Å². The number of rotatable bonds is 10. The summed E-state index contributed by atoms with van der Waals surface area (Å²) in [4.78, 5) is 0. The van der Waals surface area contributed by atoms with E-state index in [0.29, 0.717) is 51.9 Å². The van der Waals surface area contributed by atoms with Gasteiger partial charge in [-0.15, -0.1) is 0 Å². The van der Waals surface area contributed by atoms with Crippen LogP contribution >= 0.6 is 0 Å². The first-order valence-corrected chi connectivity index (χ1v) is 47.0. The molecule has 6 heterocycles. The molecule has 0 aliphatic carbocycles. The molecule has 16 rings (SSSR count). The van der Waals surface area contributed by atoms with E-state index in [4.69, 9.17) is 57.6 Å². The van der Waals surface area contributed by atoms with E-state index in [1.807, 2.05) is 256 Å². The molecule has 0 amide bonds. The lowest BCUT2D eigenvalue weighted by Crippen LogP contribution is -2.94. The predicted molar refractivity (Wildman–Crippen MR) is 349 cm³/mol. The average molecular weight is 1340 g/mol. The highest BCUT2D eigenvalue weighted by Gasteiger charge is 2.84. The van der Waals surface area contributed by atoms with E-state index in [0.717, 1.165) is 0 Å². The Labute approximate surface area is 519 Å². The number of benzene rings is 10. The molecule has 0 unspecified atom stereocenters. The molecule has 0 saturated carbocycles. The minimum Gasteiger partial charge on any atom is -0.508 e. The minimum atomic E-state index is -5.33. The molecule has 6 saturated heterocycles. The number of fused-ring (bicyclic) bond motifs is 4. The van der Waals surface area contributed by atoms with E-state index < -0.39 is 87.6 Å². The molecule has 88 heavy (non-hydrogen) atoms. The first-order chi connectivity index (χ1) is 42.7. The lowest BCUT2D eigenvalue weighted by atomic mass is 10.3. The van der Waals surface area contributed by atoms with Crippen LogP contribution in [0.2, 0.25) is 13.1 Å². The maximum Gasteiger partial charge on any atom is 0.515 e. The molecule has 6 fully saturated rings. The first-order valence-electron chi connectivity index (χ1n) is 28.6. The maximum atomic E-state index is 11.2. The topological polar surface area (TPSA) is 170 Å². The van der Waals surface area contributed by atoms with Gasteiger partial charge in [-0.2, -0.15) is 0 Å². The fourth-order valence-electron chi connectivity index (χ4n) is 11.7. The molecule has 6 aliphatic heterocycles. The van der Waals surface area contributed by atoms with Crippen molar-refractivity contribution in [3.63, 3.8) is 0 Å². The van der Waals surface area contributed by atoms with E-state index >= 15 is 0 Å². The van der Waals surface area contributed by atoms with Crippen LogP contribution in [0, 0.1) is 0 Å². The van der Waals surface area contributed by atoms with Gasteiger partial charge in [0.25, 0.3) is 0 Å². The fraction of sp³-hybridized carbons (Fsp3) is 0.0323. The highest BCUT2D eigenvalue weighted by molar-refractivity contribution is 7.14. The zero-order valence-electron chi connectivity index (χ0n) is 47.3. The second-order valence-corrected chi connectivity index (χ2v) is 51.7. The molecule has 8 bridgehead atoms. The summed E-state index contributed by atoms with van der Waals surface area (Å²) in [6, 6.07) is 89.3. The van der Waals surface area contributed by atoms with Gasteiger partial charge in [0.15, 0.2) is 0 Å². The molecular weight excluding hydrogens is 1280 g/mol. The SMILES string of the molecule is C[Si]1(c2ccc(O)cc2)O[Si]2(c3ccccc3)O[Si]3(c4ccccc4)O[Si]4(c5ccccc5)O[Si](C)(c5ccc(O)cc5)O[Si]5(c6ccccc6)O[Si](c6ccccc6)(O[Si](c6ccccc6)(O1)O[Si](c1ccccc1)(O5)O[Si](c1ccccc1)(O2)O4)O3. The van der Waals surface area contributed by atoms with Crippen LogP contribution in [0.3, 0.4) is 0 Å². The van der Waals surface area contributed by atoms with Crippen LogP contribution in [0.15, 0.2) is 291 Å². The van der Waals surface area contributed by atoms with Gasteiger partial charge in [-0.3, -0.25) is 0 Å². The fourth-order valence-corrected chi connectivity index (χ4v) is 67.6. The third-order valence-electron chi connectivity index (χ3n) is 15.8. The Hall–Kier alpha value is -6.59. The summed E-state index contributed by atoms with van der Waals surface area (Å²) < 4.78 is 119. The Morgan fingerprint density at radius 1 is 0.170 bits per heavy atom. The number of phenols is 2. The Kier molecular flexibility index (Phi) is 14.5. The van der Waals surface area contributed by atoms with Gasteiger partial charge in [-0.05, 0) is 47.7 Å². The molecule has 0 aromatic heterocycles. The van der Waals surface area contributed by atoms with Gasteiger partial charge < -0.3 is 67.8 Å². The summed E-state index contributed by atoms with van der Waals surface area (Å²) in [5, 5.41) is 27.0. The molecule has 26 heteroatoms. The summed E-state index contributed by atoms with van der Waals surface area (Å²) in [6.45, 7) is 3.82. The maximum absolute atomic E-state index is 11.2. The second kappa shape index (κ2) is 22.1. The monoisotopic (exact) mass is 1340 g/mol. The molecule has 10 aromatic carbocycles. The standard InChI is InChI=1S/C62H56O16Si10/c1-79(53-47-43-51(63)44-48-53)65-81(55-27-11-3-12-28-55)69-85(59-35-19-7-20-36-59)73-83(57-31-15-5-16-32-57)67-80(2,54-49-45-52(64)46-50-54)68-84(58-33-17-6-18-34-58)75-87(77-85,61-39-23-9-24-40-61)71-82(66-79,56-29-13-4-14-30-56)72-88(76-84,62-41-25-10-26-42-62)78-86(70-81,74-83)60-37-21-8-22-38-60/h3-50,63-64H,1-2H3. The molecule has 6 aliphatic rings. The quantitative estimate of drug-likeness (QED) is 0.185. The van der Waals surface area contributed by atoms with E-state index in [1.54, 1.807) is 48.5 Å². The summed E-state index contributed by atoms with van der Waals surface area (Å²) in [5.74, 6) is 0.0156. The Balaban J connectivity index is 1.23. The number of aromatic hydroxyl groups is 2. The Morgan fingerprint density at radius 3 is 0.455 bits per heavy atom. The summed E-state index contributed by atoms with van der Waals surface area (Å²) in [5.41, 5.74) is 0. The normalized spacial score (nSPS) is 32.6. The van der Waals surface area contributed by atoms with Crippen LogP contribution in [0.1, 0.15) is 0 Å². The van der Waals surface area contributed by atoms with Crippen LogP contribution in [0.5, 0.6) is 11.5 Å². The third-order valence-corrected chi connectivity index (χ3v) is 58.9. The lowest BCUT2D eigenvalue weighted by Gasteiger charge is -2.60. The van der Waals surface area contributed by atoms with Gasteiger partial charge in [-0.25, -0.2) is 0 Å². The Bertz CT molecular complexity index is 3590. The van der Waals surface area contributed by atoms with Crippen molar-refractivity contribution in [1.29, 1.82) is 0 Å².